The summed E-state index contributed by atoms with van der Waals surface area (Å²) in [5.41, 5.74) is 1.04. The van der Waals surface area contributed by atoms with Crippen LogP contribution in [0.25, 0.3) is 0 Å². The normalized spacial score (nSPS) is 10.8. The molecule has 0 atom stereocenters. The molecule has 0 saturated heterocycles. The van der Waals surface area contributed by atoms with E-state index in [1.54, 1.807) is 6.07 Å². The van der Waals surface area contributed by atoms with Gasteiger partial charge in [0.15, 0.2) is 0 Å². The predicted octanol–water partition coefficient (Wildman–Crippen LogP) is 5.28. The number of halogens is 2. The van der Waals surface area contributed by atoms with Gasteiger partial charge >= 0.3 is 0 Å². The molecule has 0 bridgehead atoms. The Morgan fingerprint density at radius 3 is 2.50 bits per heavy atom. The van der Waals surface area contributed by atoms with Crippen LogP contribution >= 0.6 is 23.2 Å². The third kappa shape index (κ3) is 4.14. The summed E-state index contributed by atoms with van der Waals surface area (Å²) in [6.07, 6.45) is 0. The van der Waals surface area contributed by atoms with E-state index in [1.807, 2.05) is 36.4 Å². The third-order valence-corrected chi connectivity index (χ3v) is 3.33. The summed E-state index contributed by atoms with van der Waals surface area (Å²) in [4.78, 5) is 0. The van der Waals surface area contributed by atoms with Crippen molar-refractivity contribution in [3.8, 4) is 11.5 Å². The predicted molar refractivity (Wildman–Crippen MR) is 85.0 cm³/mol. The molecule has 0 aliphatic heterocycles. The topological polar surface area (TPSA) is 21.3 Å². The molecule has 4 heteroatoms. The average Bonchev–Trinajstić information content (AvgIpc) is 2.40. The molecule has 0 radical (unpaired) electrons. The van der Waals surface area contributed by atoms with Gasteiger partial charge in [-0.05, 0) is 24.3 Å². The molecule has 0 amide bonds. The van der Waals surface area contributed by atoms with Gasteiger partial charge in [0.1, 0.15) is 11.5 Å². The smallest absolute Gasteiger partial charge is 0.146 e. The van der Waals surface area contributed by atoms with Gasteiger partial charge in [-0.25, -0.2) is 0 Å². The summed E-state index contributed by atoms with van der Waals surface area (Å²) in [5, 5.41) is 4.58. The Morgan fingerprint density at radius 1 is 1.05 bits per heavy atom. The lowest BCUT2D eigenvalue weighted by molar-refractivity contribution is 0.469. The van der Waals surface area contributed by atoms with Crippen molar-refractivity contribution in [2.75, 3.05) is 0 Å². The molecule has 0 saturated carbocycles. The Bertz CT molecular complexity index is 584. The van der Waals surface area contributed by atoms with Crippen LogP contribution in [-0.2, 0) is 6.54 Å². The van der Waals surface area contributed by atoms with Crippen LogP contribution in [0, 0.1) is 0 Å². The Labute approximate surface area is 129 Å². The fraction of sp³-hybridized carbons (Fsp3) is 0.250. The zero-order valence-corrected chi connectivity index (χ0v) is 13.0. The lowest BCUT2D eigenvalue weighted by atomic mass is 10.2. The van der Waals surface area contributed by atoms with Gasteiger partial charge in [0.25, 0.3) is 0 Å². The molecule has 2 aromatic carbocycles. The molecule has 0 unspecified atom stereocenters. The van der Waals surface area contributed by atoms with Crippen molar-refractivity contribution in [2.45, 2.75) is 26.4 Å². The average molecular weight is 310 g/mol. The van der Waals surface area contributed by atoms with Gasteiger partial charge in [0.2, 0.25) is 0 Å². The van der Waals surface area contributed by atoms with Crippen molar-refractivity contribution >= 4 is 23.2 Å². The highest BCUT2D eigenvalue weighted by molar-refractivity contribution is 6.32. The first-order valence-corrected chi connectivity index (χ1v) is 7.26. The van der Waals surface area contributed by atoms with Crippen LogP contribution in [0.1, 0.15) is 19.4 Å². The quantitative estimate of drug-likeness (QED) is 0.811. The van der Waals surface area contributed by atoms with Crippen LogP contribution in [0.5, 0.6) is 11.5 Å². The van der Waals surface area contributed by atoms with E-state index in [0.717, 1.165) is 11.3 Å². The second-order valence-electron chi connectivity index (χ2n) is 4.82. The third-order valence-electron chi connectivity index (χ3n) is 2.79. The number of para-hydroxylation sites is 1. The van der Waals surface area contributed by atoms with Gasteiger partial charge in [0, 0.05) is 23.2 Å². The Morgan fingerprint density at radius 2 is 1.80 bits per heavy atom. The van der Waals surface area contributed by atoms with Gasteiger partial charge < -0.3 is 10.1 Å². The van der Waals surface area contributed by atoms with E-state index in [-0.39, 0.29) is 0 Å². The lowest BCUT2D eigenvalue weighted by Gasteiger charge is -2.14. The molecule has 0 heterocycles. The minimum atomic E-state index is 0.402. The van der Waals surface area contributed by atoms with Gasteiger partial charge in [0.05, 0.1) is 5.02 Å². The van der Waals surface area contributed by atoms with Crippen molar-refractivity contribution in [3.05, 3.63) is 58.1 Å². The molecule has 0 spiro atoms. The number of rotatable bonds is 5. The second-order valence-corrected chi connectivity index (χ2v) is 5.66. The maximum Gasteiger partial charge on any atom is 0.146 e. The van der Waals surface area contributed by atoms with Crippen molar-refractivity contribution in [3.63, 3.8) is 0 Å². The molecule has 0 aliphatic carbocycles. The largest absolute Gasteiger partial charge is 0.455 e. The summed E-state index contributed by atoms with van der Waals surface area (Å²) in [5.74, 6) is 1.35. The van der Waals surface area contributed by atoms with E-state index >= 15 is 0 Å². The molecule has 2 aromatic rings. The zero-order chi connectivity index (χ0) is 14.5. The molecule has 20 heavy (non-hydrogen) atoms. The van der Waals surface area contributed by atoms with E-state index < -0.39 is 0 Å². The summed E-state index contributed by atoms with van der Waals surface area (Å²) in [6.45, 7) is 4.92. The molecule has 0 fully saturated rings. The first-order valence-electron chi connectivity index (χ1n) is 6.50. The van der Waals surface area contributed by atoms with Gasteiger partial charge in [-0.3, -0.25) is 0 Å². The maximum atomic E-state index is 6.12. The van der Waals surface area contributed by atoms with Crippen molar-refractivity contribution in [2.24, 2.45) is 0 Å². The van der Waals surface area contributed by atoms with Gasteiger partial charge in [-0.1, -0.05) is 55.2 Å². The zero-order valence-electron chi connectivity index (χ0n) is 11.5. The van der Waals surface area contributed by atoms with E-state index in [9.17, 15) is 0 Å². The van der Waals surface area contributed by atoms with Crippen LogP contribution in [0.2, 0.25) is 10.0 Å². The second kappa shape index (κ2) is 6.98. The highest BCUT2D eigenvalue weighted by Gasteiger charge is 2.08. The SMILES string of the molecule is CC(C)NCc1ccc(Cl)cc1Oc1ccccc1Cl. The summed E-state index contributed by atoms with van der Waals surface area (Å²) < 4.78 is 5.90. The molecular weight excluding hydrogens is 293 g/mol. The Balaban J connectivity index is 2.25. The molecule has 0 aliphatic rings. The minimum Gasteiger partial charge on any atom is -0.455 e. The number of hydrogen-bond acceptors (Lipinski definition) is 2. The van der Waals surface area contributed by atoms with Crippen LogP contribution in [-0.4, -0.2) is 6.04 Å². The maximum absolute atomic E-state index is 6.12. The molecule has 0 aromatic heterocycles. The number of benzene rings is 2. The molecule has 2 rings (SSSR count). The van der Waals surface area contributed by atoms with Crippen molar-refractivity contribution < 1.29 is 4.74 Å². The molecule has 1 N–H and O–H groups in total. The molecule has 106 valence electrons. The van der Waals surface area contributed by atoms with Crippen LogP contribution < -0.4 is 10.1 Å². The van der Waals surface area contributed by atoms with Crippen LogP contribution in [0.15, 0.2) is 42.5 Å². The van der Waals surface area contributed by atoms with Gasteiger partial charge in [-0.15, -0.1) is 0 Å². The highest BCUT2D eigenvalue weighted by Crippen LogP contribution is 2.32. The monoisotopic (exact) mass is 309 g/mol. The van der Waals surface area contributed by atoms with Crippen LogP contribution in [0.3, 0.4) is 0 Å². The van der Waals surface area contributed by atoms with E-state index in [1.165, 1.54) is 0 Å². The van der Waals surface area contributed by atoms with E-state index in [0.29, 0.717) is 28.4 Å². The number of ether oxygens (including phenoxy) is 1. The van der Waals surface area contributed by atoms with Crippen molar-refractivity contribution in [1.82, 2.24) is 5.32 Å². The fourth-order valence-electron chi connectivity index (χ4n) is 1.73. The number of nitrogens with one attached hydrogen (secondary N) is 1. The summed E-state index contributed by atoms with van der Waals surface area (Å²) in [6, 6.07) is 13.4. The highest BCUT2D eigenvalue weighted by atomic mass is 35.5. The van der Waals surface area contributed by atoms with Crippen LogP contribution in [0.4, 0.5) is 0 Å². The minimum absolute atomic E-state index is 0.402. The number of hydrogen-bond donors (Lipinski definition) is 1. The standard InChI is InChI=1S/C16H17Cl2NO/c1-11(2)19-10-12-7-8-13(17)9-16(12)20-15-6-4-3-5-14(15)18/h3-9,11,19H,10H2,1-2H3. The molecule has 2 nitrogen and oxygen atoms in total. The van der Waals surface area contributed by atoms with E-state index in [4.69, 9.17) is 27.9 Å². The fourth-order valence-corrected chi connectivity index (χ4v) is 2.07. The summed E-state index contributed by atoms with van der Waals surface area (Å²) >= 11 is 12.2. The Hall–Kier alpha value is -1.22. The lowest BCUT2D eigenvalue weighted by Crippen LogP contribution is -2.22. The first kappa shape index (κ1) is 15.2. The summed E-state index contributed by atoms with van der Waals surface area (Å²) in [7, 11) is 0. The van der Waals surface area contributed by atoms with Crippen molar-refractivity contribution in [1.29, 1.82) is 0 Å². The van der Waals surface area contributed by atoms with Gasteiger partial charge in [-0.2, -0.15) is 0 Å². The van der Waals surface area contributed by atoms with E-state index in [2.05, 4.69) is 19.2 Å². The molecular formula is C16H17Cl2NO. The Kier molecular flexibility index (Phi) is 5.30. The first-order chi connectivity index (χ1) is 9.56.